The van der Waals surface area contributed by atoms with Crippen LogP contribution in [0.1, 0.15) is 32.9 Å². The van der Waals surface area contributed by atoms with Crippen LogP contribution in [0.4, 0.5) is 4.79 Å². The highest BCUT2D eigenvalue weighted by molar-refractivity contribution is 5.71. The average molecular weight is 276 g/mol. The van der Waals surface area contributed by atoms with E-state index in [1.807, 2.05) is 26.8 Å². The number of hydrogen-bond donors (Lipinski definition) is 1. The number of pyridine rings is 1. The maximum absolute atomic E-state index is 11.9. The second-order valence-corrected chi connectivity index (χ2v) is 5.84. The van der Waals surface area contributed by atoms with Gasteiger partial charge in [-0.1, -0.05) is 6.08 Å². The van der Waals surface area contributed by atoms with Gasteiger partial charge < -0.3 is 14.6 Å². The number of carbonyl (C=O) groups excluding carboxylic acids is 1. The summed E-state index contributed by atoms with van der Waals surface area (Å²) in [5.74, 6) is 0. The first-order chi connectivity index (χ1) is 9.35. The summed E-state index contributed by atoms with van der Waals surface area (Å²) in [5.41, 5.74) is 1.38. The molecular formula is C15H20N2O3. The minimum atomic E-state index is -0.480. The van der Waals surface area contributed by atoms with Crippen LogP contribution in [0.3, 0.4) is 0 Å². The van der Waals surface area contributed by atoms with Crippen molar-refractivity contribution in [3.63, 3.8) is 0 Å². The monoisotopic (exact) mass is 276 g/mol. The summed E-state index contributed by atoms with van der Waals surface area (Å²) in [6.45, 7) is 6.65. The summed E-state index contributed by atoms with van der Waals surface area (Å²) < 4.78 is 5.34. The predicted molar refractivity (Wildman–Crippen MR) is 77.5 cm³/mol. The Morgan fingerprint density at radius 2 is 2.15 bits per heavy atom. The fourth-order valence-electron chi connectivity index (χ4n) is 2.04. The van der Waals surface area contributed by atoms with Crippen molar-refractivity contribution in [2.24, 2.45) is 0 Å². The molecule has 1 aliphatic rings. The summed E-state index contributed by atoms with van der Waals surface area (Å²) in [4.78, 5) is 28.0. The molecule has 0 radical (unpaired) electrons. The molecule has 2 heterocycles. The number of amides is 1. The number of nitrogens with zero attached hydrogens (tertiary/aromatic N) is 1. The Bertz CT molecular complexity index is 581. The van der Waals surface area contributed by atoms with Crippen LogP contribution in [0.25, 0.3) is 5.57 Å². The number of rotatable bonds is 1. The molecule has 20 heavy (non-hydrogen) atoms. The Kier molecular flexibility index (Phi) is 3.97. The molecule has 0 unspecified atom stereocenters. The van der Waals surface area contributed by atoms with Gasteiger partial charge in [0, 0.05) is 37.1 Å². The molecule has 2 rings (SSSR count). The molecule has 1 aromatic rings. The highest BCUT2D eigenvalue weighted by Gasteiger charge is 2.23. The third-order valence-corrected chi connectivity index (χ3v) is 2.98. The molecule has 1 aliphatic heterocycles. The van der Waals surface area contributed by atoms with Crippen LogP contribution >= 0.6 is 0 Å². The van der Waals surface area contributed by atoms with Crippen LogP contribution in [0.2, 0.25) is 0 Å². The number of nitrogens with one attached hydrogen (secondary N) is 1. The number of H-pyrrole nitrogens is 1. The lowest BCUT2D eigenvalue weighted by Gasteiger charge is -2.29. The minimum Gasteiger partial charge on any atom is -0.444 e. The fourth-order valence-corrected chi connectivity index (χ4v) is 2.04. The van der Waals surface area contributed by atoms with Gasteiger partial charge in [0.1, 0.15) is 5.60 Å². The standard InChI is InChI=1S/C15H20N2O3/c1-15(2,3)20-14(19)17-8-5-11(6-9-17)13-10-12(18)4-7-16-13/h4-5,7,10H,6,8-9H2,1-3H3,(H,16,18). The molecule has 0 aromatic carbocycles. The molecule has 0 atom stereocenters. The molecule has 0 saturated heterocycles. The topological polar surface area (TPSA) is 62.4 Å². The first-order valence-corrected chi connectivity index (χ1v) is 6.71. The van der Waals surface area contributed by atoms with Gasteiger partial charge in [0.25, 0.3) is 0 Å². The summed E-state index contributed by atoms with van der Waals surface area (Å²) in [6.07, 6.45) is 4.01. The van der Waals surface area contributed by atoms with Crippen molar-refractivity contribution >= 4 is 11.7 Å². The first-order valence-electron chi connectivity index (χ1n) is 6.71. The summed E-state index contributed by atoms with van der Waals surface area (Å²) in [7, 11) is 0. The number of aromatic amines is 1. The number of hydrogen-bond acceptors (Lipinski definition) is 3. The van der Waals surface area contributed by atoms with Crippen molar-refractivity contribution in [2.45, 2.75) is 32.8 Å². The molecule has 1 N–H and O–H groups in total. The van der Waals surface area contributed by atoms with E-state index >= 15 is 0 Å². The third kappa shape index (κ3) is 3.73. The summed E-state index contributed by atoms with van der Waals surface area (Å²) in [5, 5.41) is 0. The summed E-state index contributed by atoms with van der Waals surface area (Å²) in [6, 6.07) is 3.06. The van der Waals surface area contributed by atoms with Crippen LogP contribution in [0, 0.1) is 0 Å². The van der Waals surface area contributed by atoms with E-state index in [2.05, 4.69) is 4.98 Å². The quantitative estimate of drug-likeness (QED) is 0.856. The van der Waals surface area contributed by atoms with Crippen molar-refractivity contribution < 1.29 is 9.53 Å². The first kappa shape index (κ1) is 14.4. The third-order valence-electron chi connectivity index (χ3n) is 2.98. The van der Waals surface area contributed by atoms with E-state index < -0.39 is 5.60 Å². The van der Waals surface area contributed by atoms with Crippen LogP contribution < -0.4 is 5.43 Å². The Morgan fingerprint density at radius 1 is 1.40 bits per heavy atom. The number of ether oxygens (including phenoxy) is 1. The molecule has 1 amide bonds. The zero-order valence-electron chi connectivity index (χ0n) is 12.1. The largest absolute Gasteiger partial charge is 0.444 e. The van der Waals surface area contributed by atoms with Crippen LogP contribution in [0.5, 0.6) is 0 Å². The van der Waals surface area contributed by atoms with Gasteiger partial charge in [0.15, 0.2) is 5.43 Å². The second-order valence-electron chi connectivity index (χ2n) is 5.84. The molecule has 0 fully saturated rings. The van der Waals surface area contributed by atoms with E-state index in [1.165, 1.54) is 6.07 Å². The van der Waals surface area contributed by atoms with E-state index in [9.17, 15) is 9.59 Å². The average Bonchev–Trinajstić information content (AvgIpc) is 2.37. The maximum Gasteiger partial charge on any atom is 0.410 e. The Balaban J connectivity index is 2.04. The number of carbonyl (C=O) groups is 1. The smallest absolute Gasteiger partial charge is 0.410 e. The van der Waals surface area contributed by atoms with Crippen LogP contribution in [-0.4, -0.2) is 34.7 Å². The minimum absolute atomic E-state index is 0.0192. The van der Waals surface area contributed by atoms with Crippen molar-refractivity contribution in [1.82, 2.24) is 9.88 Å². The predicted octanol–water partition coefficient (Wildman–Crippen LogP) is 2.40. The van der Waals surface area contributed by atoms with Gasteiger partial charge in [0.2, 0.25) is 0 Å². The van der Waals surface area contributed by atoms with Gasteiger partial charge in [-0.25, -0.2) is 4.79 Å². The van der Waals surface area contributed by atoms with Crippen molar-refractivity contribution in [2.75, 3.05) is 13.1 Å². The molecule has 0 spiro atoms. The zero-order chi connectivity index (χ0) is 14.8. The number of aromatic nitrogens is 1. The summed E-state index contributed by atoms with van der Waals surface area (Å²) >= 11 is 0. The molecule has 1 aromatic heterocycles. The molecule has 0 bridgehead atoms. The van der Waals surface area contributed by atoms with Crippen LogP contribution in [-0.2, 0) is 4.74 Å². The van der Waals surface area contributed by atoms with Gasteiger partial charge in [-0.05, 0) is 32.8 Å². The highest BCUT2D eigenvalue weighted by atomic mass is 16.6. The lowest BCUT2D eigenvalue weighted by molar-refractivity contribution is 0.0270. The Labute approximate surface area is 118 Å². The van der Waals surface area contributed by atoms with E-state index in [1.54, 1.807) is 17.2 Å². The van der Waals surface area contributed by atoms with Gasteiger partial charge in [0.05, 0.1) is 0 Å². The van der Waals surface area contributed by atoms with Crippen LogP contribution in [0.15, 0.2) is 29.2 Å². The molecule has 108 valence electrons. The zero-order valence-corrected chi connectivity index (χ0v) is 12.1. The van der Waals surface area contributed by atoms with Crippen molar-refractivity contribution in [3.8, 4) is 0 Å². The Hall–Kier alpha value is -2.04. The van der Waals surface area contributed by atoms with Gasteiger partial charge in [-0.2, -0.15) is 0 Å². The van der Waals surface area contributed by atoms with E-state index in [0.717, 1.165) is 11.3 Å². The van der Waals surface area contributed by atoms with Gasteiger partial charge >= 0.3 is 6.09 Å². The normalized spacial score (nSPS) is 15.8. The fraction of sp³-hybridized carbons (Fsp3) is 0.467. The van der Waals surface area contributed by atoms with Gasteiger partial charge in [-0.3, -0.25) is 4.79 Å². The molecular weight excluding hydrogens is 256 g/mol. The SMILES string of the molecule is CC(C)(C)OC(=O)N1CC=C(c2cc(=O)cc[nH]2)CC1. The lowest BCUT2D eigenvalue weighted by Crippen LogP contribution is -2.39. The molecule has 5 nitrogen and oxygen atoms in total. The molecule has 5 heteroatoms. The van der Waals surface area contributed by atoms with E-state index in [-0.39, 0.29) is 11.5 Å². The van der Waals surface area contributed by atoms with E-state index in [4.69, 9.17) is 4.74 Å². The molecule has 0 saturated carbocycles. The lowest BCUT2D eigenvalue weighted by atomic mass is 10.0. The highest BCUT2D eigenvalue weighted by Crippen LogP contribution is 2.21. The van der Waals surface area contributed by atoms with Crippen molar-refractivity contribution in [3.05, 3.63) is 40.3 Å². The van der Waals surface area contributed by atoms with Crippen molar-refractivity contribution in [1.29, 1.82) is 0 Å². The second kappa shape index (κ2) is 5.53. The van der Waals surface area contributed by atoms with Gasteiger partial charge in [-0.15, -0.1) is 0 Å². The maximum atomic E-state index is 11.9. The molecule has 0 aliphatic carbocycles. The van der Waals surface area contributed by atoms with E-state index in [0.29, 0.717) is 19.5 Å². The Morgan fingerprint density at radius 3 is 2.70 bits per heavy atom.